The molecule has 2 N–H and O–H groups in total. The largest absolute Gasteiger partial charge is 0.382 e. The Morgan fingerprint density at radius 2 is 1.96 bits per heavy atom. The number of hydrogen-bond acceptors (Lipinski definition) is 6. The molecule has 2 unspecified atom stereocenters. The van der Waals surface area contributed by atoms with Gasteiger partial charge in [-0.25, -0.2) is 19.9 Å². The minimum atomic E-state index is -0.874. The molecular weight excluding hydrogens is 306 g/mol. The number of H-pyrrole nitrogens is 1. The van der Waals surface area contributed by atoms with Gasteiger partial charge in [-0.3, -0.25) is 0 Å². The van der Waals surface area contributed by atoms with Gasteiger partial charge >= 0.3 is 0 Å². The van der Waals surface area contributed by atoms with Crippen molar-refractivity contribution >= 4 is 17.0 Å². The van der Waals surface area contributed by atoms with Crippen molar-refractivity contribution in [2.75, 3.05) is 4.90 Å². The zero-order chi connectivity index (χ0) is 16.3. The Bertz CT molecular complexity index is 887. The summed E-state index contributed by atoms with van der Waals surface area (Å²) in [6.07, 6.45) is 10.3. The molecule has 124 valence electrons. The van der Waals surface area contributed by atoms with Crippen LogP contribution in [0.2, 0.25) is 0 Å². The highest BCUT2D eigenvalue weighted by molar-refractivity contribution is 5.83. The molecule has 24 heavy (non-hydrogen) atoms. The number of fused-ring (bicyclic) bond motifs is 3. The molecule has 3 aromatic heterocycles. The maximum absolute atomic E-state index is 11.3. The second-order valence-corrected chi connectivity index (χ2v) is 6.89. The summed E-state index contributed by atoms with van der Waals surface area (Å²) in [5.41, 5.74) is 0.682. The Hall–Kier alpha value is -2.48. The van der Waals surface area contributed by atoms with Gasteiger partial charge in [-0.1, -0.05) is 0 Å². The number of rotatable bonds is 2. The van der Waals surface area contributed by atoms with Crippen molar-refractivity contribution in [2.24, 2.45) is 7.05 Å². The molecule has 5 rings (SSSR count). The predicted molar refractivity (Wildman–Crippen MR) is 87.3 cm³/mol. The normalized spacial score (nSPS) is 29.5. The van der Waals surface area contributed by atoms with Crippen LogP contribution in [0.3, 0.4) is 0 Å². The maximum Gasteiger partial charge on any atom is 0.182 e. The van der Waals surface area contributed by atoms with Crippen LogP contribution in [0.15, 0.2) is 25.0 Å². The summed E-state index contributed by atoms with van der Waals surface area (Å²) in [5, 5.41) is 11.3. The quantitative estimate of drug-likeness (QED) is 0.733. The van der Waals surface area contributed by atoms with Crippen molar-refractivity contribution in [1.29, 1.82) is 0 Å². The van der Waals surface area contributed by atoms with Crippen LogP contribution in [0.1, 0.15) is 31.5 Å². The Morgan fingerprint density at radius 1 is 1.17 bits per heavy atom. The standard InChI is InChI=1S/C16H19N7O/c1-22-5-4-17-15(22)16(24)6-10-2-3-11(7-16)23(10)14-12-13(19-8-18-12)20-9-21-14/h4-5,8-11,24H,2-3,6-7H2,1H3,(H,18,19,20,21). The lowest BCUT2D eigenvalue weighted by Crippen LogP contribution is -2.51. The van der Waals surface area contributed by atoms with E-state index in [1.165, 1.54) is 0 Å². The first-order chi connectivity index (χ1) is 11.7. The molecule has 2 fully saturated rings. The molecule has 5 heterocycles. The van der Waals surface area contributed by atoms with Gasteiger partial charge in [0.15, 0.2) is 11.5 Å². The summed E-state index contributed by atoms with van der Waals surface area (Å²) in [4.78, 5) is 22.8. The summed E-state index contributed by atoms with van der Waals surface area (Å²) in [7, 11) is 1.94. The number of aromatic amines is 1. The van der Waals surface area contributed by atoms with Crippen LogP contribution in [-0.4, -0.2) is 46.7 Å². The van der Waals surface area contributed by atoms with Gasteiger partial charge in [0.2, 0.25) is 0 Å². The molecule has 8 heteroatoms. The Labute approximate surface area is 138 Å². The van der Waals surface area contributed by atoms with Gasteiger partial charge in [-0.15, -0.1) is 0 Å². The summed E-state index contributed by atoms with van der Waals surface area (Å²) < 4.78 is 1.92. The van der Waals surface area contributed by atoms with E-state index in [4.69, 9.17) is 0 Å². The number of anilines is 1. The maximum atomic E-state index is 11.3. The van der Waals surface area contributed by atoms with E-state index in [9.17, 15) is 5.11 Å². The zero-order valence-corrected chi connectivity index (χ0v) is 13.4. The number of aromatic nitrogens is 6. The highest BCUT2D eigenvalue weighted by Crippen LogP contribution is 2.47. The van der Waals surface area contributed by atoms with E-state index in [0.717, 1.165) is 30.0 Å². The molecule has 3 aromatic rings. The average molecular weight is 325 g/mol. The Kier molecular flexibility index (Phi) is 2.76. The molecule has 2 atom stereocenters. The molecule has 0 aromatic carbocycles. The van der Waals surface area contributed by atoms with Crippen molar-refractivity contribution < 1.29 is 5.11 Å². The molecule has 0 spiro atoms. The van der Waals surface area contributed by atoms with Crippen molar-refractivity contribution in [3.8, 4) is 0 Å². The fourth-order valence-corrected chi connectivity index (χ4v) is 4.52. The molecular formula is C16H19N7O. The lowest BCUT2D eigenvalue weighted by molar-refractivity contribution is -0.0135. The lowest BCUT2D eigenvalue weighted by atomic mass is 9.85. The van der Waals surface area contributed by atoms with Gasteiger partial charge in [0.05, 0.1) is 6.33 Å². The third-order valence-electron chi connectivity index (χ3n) is 5.45. The van der Waals surface area contributed by atoms with Crippen LogP contribution < -0.4 is 4.90 Å². The molecule has 2 bridgehead atoms. The van der Waals surface area contributed by atoms with E-state index >= 15 is 0 Å². The van der Waals surface area contributed by atoms with Crippen LogP contribution in [0.5, 0.6) is 0 Å². The average Bonchev–Trinajstić information content (AvgIpc) is 3.26. The second kappa shape index (κ2) is 4.76. The SMILES string of the molecule is Cn1ccnc1C1(O)CC2CCC(C1)N2c1ncnc2nc[nH]c12. The minimum absolute atomic E-state index is 0.242. The highest BCUT2D eigenvalue weighted by atomic mass is 16.3. The first-order valence-corrected chi connectivity index (χ1v) is 8.28. The molecule has 0 amide bonds. The topological polar surface area (TPSA) is 95.8 Å². The summed E-state index contributed by atoms with van der Waals surface area (Å²) in [5.74, 6) is 1.65. The molecule has 2 aliphatic rings. The van der Waals surface area contributed by atoms with Gasteiger partial charge in [0.25, 0.3) is 0 Å². The fourth-order valence-electron chi connectivity index (χ4n) is 4.52. The van der Waals surface area contributed by atoms with Crippen molar-refractivity contribution in [3.05, 3.63) is 30.9 Å². The fraction of sp³-hybridized carbons (Fsp3) is 0.500. The molecule has 8 nitrogen and oxygen atoms in total. The number of nitrogens with one attached hydrogen (secondary N) is 1. The van der Waals surface area contributed by atoms with Gasteiger partial charge in [-0.2, -0.15) is 0 Å². The number of piperidine rings is 1. The lowest BCUT2D eigenvalue weighted by Gasteiger charge is -2.43. The molecule has 2 saturated heterocycles. The van der Waals surface area contributed by atoms with E-state index in [2.05, 4.69) is 29.8 Å². The third-order valence-corrected chi connectivity index (χ3v) is 5.45. The van der Waals surface area contributed by atoms with Crippen LogP contribution in [-0.2, 0) is 12.6 Å². The number of hydrogen-bond donors (Lipinski definition) is 2. The third kappa shape index (κ3) is 1.83. The van der Waals surface area contributed by atoms with E-state index in [0.29, 0.717) is 18.5 Å². The van der Waals surface area contributed by atoms with E-state index < -0.39 is 5.60 Å². The van der Waals surface area contributed by atoms with Crippen LogP contribution in [0, 0.1) is 0 Å². The first kappa shape index (κ1) is 13.9. The van der Waals surface area contributed by atoms with Gasteiger partial charge in [0.1, 0.15) is 23.3 Å². The van der Waals surface area contributed by atoms with E-state index in [1.54, 1.807) is 18.9 Å². The van der Waals surface area contributed by atoms with Gasteiger partial charge < -0.3 is 19.6 Å². The minimum Gasteiger partial charge on any atom is -0.382 e. The zero-order valence-electron chi connectivity index (χ0n) is 13.4. The number of aryl methyl sites for hydroxylation is 1. The summed E-state index contributed by atoms with van der Waals surface area (Å²) in [6, 6.07) is 0.485. The number of aliphatic hydroxyl groups is 1. The van der Waals surface area contributed by atoms with E-state index in [1.807, 2.05) is 17.8 Å². The van der Waals surface area contributed by atoms with Crippen molar-refractivity contribution in [1.82, 2.24) is 29.5 Å². The highest BCUT2D eigenvalue weighted by Gasteiger charge is 2.50. The van der Waals surface area contributed by atoms with Crippen LogP contribution >= 0.6 is 0 Å². The summed E-state index contributed by atoms with van der Waals surface area (Å²) >= 11 is 0. The van der Waals surface area contributed by atoms with Crippen LogP contribution in [0.4, 0.5) is 5.82 Å². The number of nitrogens with zero attached hydrogens (tertiary/aromatic N) is 6. The first-order valence-electron chi connectivity index (χ1n) is 8.28. The summed E-state index contributed by atoms with van der Waals surface area (Å²) in [6.45, 7) is 0. The van der Waals surface area contributed by atoms with Gasteiger partial charge in [-0.05, 0) is 12.8 Å². The van der Waals surface area contributed by atoms with E-state index in [-0.39, 0.29) is 12.1 Å². The van der Waals surface area contributed by atoms with Gasteiger partial charge in [0, 0.05) is 44.4 Å². The molecule has 0 aliphatic carbocycles. The number of imidazole rings is 2. The smallest absolute Gasteiger partial charge is 0.182 e. The Balaban J connectivity index is 1.54. The monoisotopic (exact) mass is 325 g/mol. The molecule has 2 aliphatic heterocycles. The second-order valence-electron chi connectivity index (χ2n) is 6.89. The predicted octanol–water partition coefficient (Wildman–Crippen LogP) is 1.11. The van der Waals surface area contributed by atoms with Crippen molar-refractivity contribution in [2.45, 2.75) is 43.4 Å². The van der Waals surface area contributed by atoms with Crippen LogP contribution in [0.25, 0.3) is 11.2 Å². The van der Waals surface area contributed by atoms with Crippen molar-refractivity contribution in [3.63, 3.8) is 0 Å². The molecule has 0 radical (unpaired) electrons. The molecule has 0 saturated carbocycles. The Morgan fingerprint density at radius 3 is 2.67 bits per heavy atom.